The molecular formula is C19H17ClN2O5. The summed E-state index contributed by atoms with van der Waals surface area (Å²) in [5, 5.41) is 14.3. The molecule has 27 heavy (non-hydrogen) atoms. The van der Waals surface area contributed by atoms with Gasteiger partial charge in [-0.1, -0.05) is 29.8 Å². The van der Waals surface area contributed by atoms with Gasteiger partial charge >= 0.3 is 0 Å². The molecule has 0 spiro atoms. The Morgan fingerprint density at radius 3 is 2.70 bits per heavy atom. The third kappa shape index (κ3) is 4.58. The predicted octanol–water partition coefficient (Wildman–Crippen LogP) is 1.95. The molecule has 0 bridgehead atoms. The number of benzene rings is 2. The average Bonchev–Trinajstić information content (AvgIpc) is 3.13. The van der Waals surface area contributed by atoms with E-state index in [0.717, 1.165) is 0 Å². The third-order valence-electron chi connectivity index (χ3n) is 3.72. The van der Waals surface area contributed by atoms with Crippen LogP contribution in [0.2, 0.25) is 5.02 Å². The fraction of sp³-hybridized carbons (Fsp3) is 0.158. The number of nitrogens with one attached hydrogen (secondary N) is 2. The Morgan fingerprint density at radius 2 is 1.93 bits per heavy atom. The molecule has 0 unspecified atom stereocenters. The molecule has 140 valence electrons. The fourth-order valence-electron chi connectivity index (χ4n) is 2.43. The van der Waals surface area contributed by atoms with Crippen molar-refractivity contribution in [1.29, 1.82) is 0 Å². The Balaban J connectivity index is 1.87. The highest BCUT2D eigenvalue weighted by Crippen LogP contribution is 2.33. The van der Waals surface area contributed by atoms with Crippen LogP contribution in [0.5, 0.6) is 11.5 Å². The van der Waals surface area contributed by atoms with Crippen LogP contribution in [0.4, 0.5) is 0 Å². The van der Waals surface area contributed by atoms with Crippen LogP contribution in [-0.2, 0) is 4.79 Å². The molecule has 0 radical (unpaired) electrons. The van der Waals surface area contributed by atoms with Crippen molar-refractivity contribution in [3.05, 3.63) is 64.3 Å². The number of hydrogen-bond acceptors (Lipinski definition) is 5. The molecule has 2 aromatic carbocycles. The molecule has 0 saturated carbocycles. The van der Waals surface area contributed by atoms with E-state index in [1.807, 2.05) is 0 Å². The average molecular weight is 389 g/mol. The van der Waals surface area contributed by atoms with Gasteiger partial charge in [0.25, 0.3) is 11.8 Å². The minimum atomic E-state index is -0.540. The Labute approximate surface area is 160 Å². The molecule has 2 aromatic rings. The van der Waals surface area contributed by atoms with E-state index >= 15 is 0 Å². The van der Waals surface area contributed by atoms with Crippen LogP contribution in [0.1, 0.15) is 15.9 Å². The minimum Gasteiger partial charge on any atom is -0.454 e. The fourth-order valence-corrected chi connectivity index (χ4v) is 2.65. The Hall–Kier alpha value is -3.03. The molecule has 0 atom stereocenters. The lowest BCUT2D eigenvalue weighted by atomic mass is 10.1. The summed E-state index contributed by atoms with van der Waals surface area (Å²) in [6.45, 7) is -0.0314. The topological polar surface area (TPSA) is 96.9 Å². The second kappa shape index (κ2) is 8.57. The zero-order chi connectivity index (χ0) is 19.2. The number of halogens is 1. The van der Waals surface area contributed by atoms with Crippen LogP contribution in [0.15, 0.2) is 48.2 Å². The number of carbonyl (C=O) groups is 2. The summed E-state index contributed by atoms with van der Waals surface area (Å²) in [7, 11) is 0. The second-order valence-electron chi connectivity index (χ2n) is 5.58. The van der Waals surface area contributed by atoms with Crippen LogP contribution < -0.4 is 20.1 Å². The van der Waals surface area contributed by atoms with E-state index in [-0.39, 0.29) is 36.2 Å². The first-order valence-electron chi connectivity index (χ1n) is 8.15. The van der Waals surface area contributed by atoms with Crippen LogP contribution in [-0.4, -0.2) is 36.9 Å². The molecule has 0 fully saturated rings. The van der Waals surface area contributed by atoms with E-state index in [1.54, 1.807) is 42.5 Å². The van der Waals surface area contributed by atoms with E-state index in [1.165, 1.54) is 6.08 Å². The first-order valence-corrected chi connectivity index (χ1v) is 8.52. The van der Waals surface area contributed by atoms with E-state index in [2.05, 4.69) is 10.6 Å². The predicted molar refractivity (Wildman–Crippen MR) is 99.6 cm³/mol. The van der Waals surface area contributed by atoms with E-state index in [9.17, 15) is 9.59 Å². The van der Waals surface area contributed by atoms with Gasteiger partial charge in [-0.05, 0) is 35.9 Å². The first kappa shape index (κ1) is 18.8. The lowest BCUT2D eigenvalue weighted by Crippen LogP contribution is -2.36. The number of ether oxygens (including phenoxy) is 2. The first-order chi connectivity index (χ1) is 13.1. The number of aliphatic hydroxyl groups is 1. The van der Waals surface area contributed by atoms with Gasteiger partial charge in [0, 0.05) is 6.54 Å². The van der Waals surface area contributed by atoms with Crippen LogP contribution >= 0.6 is 11.6 Å². The maximum atomic E-state index is 12.5. The van der Waals surface area contributed by atoms with Gasteiger partial charge in [0.2, 0.25) is 6.79 Å². The maximum absolute atomic E-state index is 12.5. The number of carbonyl (C=O) groups excluding carboxylic acids is 2. The van der Waals surface area contributed by atoms with E-state index in [0.29, 0.717) is 17.1 Å². The molecule has 7 nitrogen and oxygen atoms in total. The molecule has 0 aliphatic carbocycles. The van der Waals surface area contributed by atoms with Crippen molar-refractivity contribution >= 4 is 29.5 Å². The van der Waals surface area contributed by atoms with Gasteiger partial charge in [-0.25, -0.2) is 0 Å². The highest BCUT2D eigenvalue weighted by molar-refractivity contribution is 6.34. The van der Waals surface area contributed by atoms with E-state index in [4.69, 9.17) is 26.2 Å². The van der Waals surface area contributed by atoms with Crippen molar-refractivity contribution in [3.8, 4) is 11.5 Å². The zero-order valence-electron chi connectivity index (χ0n) is 14.2. The van der Waals surface area contributed by atoms with Gasteiger partial charge in [0.1, 0.15) is 5.70 Å². The lowest BCUT2D eigenvalue weighted by Gasteiger charge is -2.11. The van der Waals surface area contributed by atoms with Crippen molar-refractivity contribution in [3.63, 3.8) is 0 Å². The lowest BCUT2D eigenvalue weighted by molar-refractivity contribution is -0.117. The van der Waals surface area contributed by atoms with Crippen molar-refractivity contribution < 1.29 is 24.2 Å². The van der Waals surface area contributed by atoms with Gasteiger partial charge in [-0.3, -0.25) is 9.59 Å². The van der Waals surface area contributed by atoms with Crippen molar-refractivity contribution in [2.24, 2.45) is 0 Å². The Kier molecular flexibility index (Phi) is 5.95. The normalized spacial score (nSPS) is 12.6. The molecule has 0 aromatic heterocycles. The zero-order valence-corrected chi connectivity index (χ0v) is 15.0. The SMILES string of the molecule is O=C(NCCO)/C(=C\c1ccc2c(c1)OCO2)NC(=O)c1ccccc1Cl. The van der Waals surface area contributed by atoms with Crippen molar-refractivity contribution in [2.45, 2.75) is 0 Å². The Morgan fingerprint density at radius 1 is 1.15 bits per heavy atom. The van der Waals surface area contributed by atoms with Gasteiger partial charge in [-0.15, -0.1) is 0 Å². The third-order valence-corrected chi connectivity index (χ3v) is 4.05. The molecule has 3 rings (SSSR count). The molecule has 3 N–H and O–H groups in total. The number of hydrogen-bond donors (Lipinski definition) is 3. The van der Waals surface area contributed by atoms with Gasteiger partial charge in [-0.2, -0.15) is 0 Å². The number of rotatable bonds is 6. The van der Waals surface area contributed by atoms with Crippen molar-refractivity contribution in [2.75, 3.05) is 19.9 Å². The molecule has 1 aliphatic heterocycles. The summed E-state index contributed by atoms with van der Waals surface area (Å²) in [4.78, 5) is 24.9. The molecule has 1 aliphatic rings. The van der Waals surface area contributed by atoms with Crippen LogP contribution in [0.3, 0.4) is 0 Å². The van der Waals surface area contributed by atoms with Gasteiger partial charge in [0.05, 0.1) is 17.2 Å². The molecule has 1 heterocycles. The Bertz CT molecular complexity index is 897. The smallest absolute Gasteiger partial charge is 0.267 e. The summed E-state index contributed by atoms with van der Waals surface area (Å²) in [5.41, 5.74) is 0.880. The summed E-state index contributed by atoms with van der Waals surface area (Å²) >= 11 is 6.05. The highest BCUT2D eigenvalue weighted by Gasteiger charge is 2.17. The number of aliphatic hydroxyl groups excluding tert-OH is 1. The standard InChI is InChI=1S/C19H17ClN2O5/c20-14-4-2-1-3-13(14)18(24)22-15(19(25)21-7-8-23)9-12-5-6-16-17(10-12)27-11-26-16/h1-6,9-10,23H,7-8,11H2,(H,21,25)(H,22,24)/b15-9+. The highest BCUT2D eigenvalue weighted by atomic mass is 35.5. The summed E-state index contributed by atoms with van der Waals surface area (Å²) < 4.78 is 10.6. The quantitative estimate of drug-likeness (QED) is 0.657. The van der Waals surface area contributed by atoms with Crippen LogP contribution in [0, 0.1) is 0 Å². The number of fused-ring (bicyclic) bond motifs is 1. The van der Waals surface area contributed by atoms with Gasteiger partial charge < -0.3 is 25.2 Å². The molecule has 8 heteroatoms. The van der Waals surface area contributed by atoms with E-state index < -0.39 is 11.8 Å². The van der Waals surface area contributed by atoms with Gasteiger partial charge in [0.15, 0.2) is 11.5 Å². The largest absolute Gasteiger partial charge is 0.454 e. The number of amides is 2. The summed E-state index contributed by atoms with van der Waals surface area (Å²) in [6, 6.07) is 11.7. The molecule has 0 saturated heterocycles. The minimum absolute atomic E-state index is 0.00670. The van der Waals surface area contributed by atoms with Crippen molar-refractivity contribution in [1.82, 2.24) is 10.6 Å². The molecular weight excluding hydrogens is 372 g/mol. The summed E-state index contributed by atoms with van der Waals surface area (Å²) in [5.74, 6) is 0.101. The summed E-state index contributed by atoms with van der Waals surface area (Å²) in [6.07, 6.45) is 1.50. The maximum Gasteiger partial charge on any atom is 0.267 e. The van der Waals surface area contributed by atoms with Crippen LogP contribution in [0.25, 0.3) is 6.08 Å². The monoisotopic (exact) mass is 388 g/mol. The second-order valence-corrected chi connectivity index (χ2v) is 5.99. The molecule has 2 amide bonds.